The van der Waals surface area contributed by atoms with Crippen LogP contribution in [0.4, 0.5) is 5.69 Å². The molecular weight excluding hydrogens is 282 g/mol. The largest absolute Gasteiger partial charge is 0.465 e. The lowest BCUT2D eigenvalue weighted by Crippen LogP contribution is -2.18. The highest BCUT2D eigenvalue weighted by Crippen LogP contribution is 2.33. The summed E-state index contributed by atoms with van der Waals surface area (Å²) in [6, 6.07) is 16.2. The van der Waals surface area contributed by atoms with E-state index in [4.69, 9.17) is 4.74 Å². The first-order chi connectivity index (χ1) is 10.3. The minimum Gasteiger partial charge on any atom is -0.465 e. The first-order valence-corrected chi connectivity index (χ1v) is 8.04. The van der Waals surface area contributed by atoms with Crippen LogP contribution < -0.4 is 5.32 Å². The molecule has 0 radical (unpaired) electrons. The standard InChI is InChI=1S/C17H17NO2S/c1-20-17(19)12-6-4-7-14(9-12)18-16-11-21-10-13-5-2-3-8-15(13)16/h2-9,16,18H,10-11H2,1H3. The Kier molecular flexibility index (Phi) is 4.15. The minimum atomic E-state index is -0.308. The van der Waals surface area contributed by atoms with Gasteiger partial charge in [0.15, 0.2) is 0 Å². The first-order valence-electron chi connectivity index (χ1n) is 6.88. The lowest BCUT2D eigenvalue weighted by atomic mass is 10.0. The van der Waals surface area contributed by atoms with Gasteiger partial charge in [0.1, 0.15) is 0 Å². The molecule has 0 aliphatic carbocycles. The number of ether oxygens (including phenoxy) is 1. The lowest BCUT2D eigenvalue weighted by Gasteiger charge is -2.27. The normalized spacial score (nSPS) is 16.9. The van der Waals surface area contributed by atoms with Gasteiger partial charge in [-0.3, -0.25) is 0 Å². The van der Waals surface area contributed by atoms with Gasteiger partial charge >= 0.3 is 5.97 Å². The number of nitrogens with one attached hydrogen (secondary N) is 1. The van der Waals surface area contributed by atoms with Crippen molar-refractivity contribution in [3.05, 3.63) is 65.2 Å². The first kappa shape index (κ1) is 14.0. The Bertz CT molecular complexity index is 657. The van der Waals surface area contributed by atoms with E-state index in [1.807, 2.05) is 30.0 Å². The fourth-order valence-electron chi connectivity index (χ4n) is 2.56. The highest BCUT2D eigenvalue weighted by Gasteiger charge is 2.20. The number of fused-ring (bicyclic) bond motifs is 1. The second-order valence-corrected chi connectivity index (χ2v) is 6.01. The van der Waals surface area contributed by atoms with Gasteiger partial charge in [-0.1, -0.05) is 30.3 Å². The van der Waals surface area contributed by atoms with Crippen LogP contribution in [0.25, 0.3) is 0 Å². The van der Waals surface area contributed by atoms with Crippen LogP contribution in [0, 0.1) is 0 Å². The Morgan fingerprint density at radius 2 is 2.10 bits per heavy atom. The van der Waals surface area contributed by atoms with Crippen LogP contribution >= 0.6 is 11.8 Å². The van der Waals surface area contributed by atoms with Crippen molar-refractivity contribution in [2.75, 3.05) is 18.2 Å². The number of hydrogen-bond acceptors (Lipinski definition) is 4. The van der Waals surface area contributed by atoms with Crippen molar-refractivity contribution < 1.29 is 9.53 Å². The molecule has 1 heterocycles. The van der Waals surface area contributed by atoms with Crippen LogP contribution in [0.2, 0.25) is 0 Å². The van der Waals surface area contributed by atoms with Crippen molar-refractivity contribution in [3.8, 4) is 0 Å². The van der Waals surface area contributed by atoms with Gasteiger partial charge in [0.2, 0.25) is 0 Å². The molecule has 0 bridgehead atoms. The monoisotopic (exact) mass is 299 g/mol. The molecule has 1 atom stereocenters. The predicted octanol–water partition coefficient (Wildman–Crippen LogP) is 3.87. The van der Waals surface area contributed by atoms with E-state index in [1.54, 1.807) is 6.07 Å². The predicted molar refractivity (Wildman–Crippen MR) is 86.7 cm³/mol. The average Bonchev–Trinajstić information content (AvgIpc) is 2.55. The summed E-state index contributed by atoms with van der Waals surface area (Å²) in [5.74, 6) is 1.79. The van der Waals surface area contributed by atoms with Crippen molar-refractivity contribution in [2.24, 2.45) is 0 Å². The van der Waals surface area contributed by atoms with Crippen molar-refractivity contribution in [2.45, 2.75) is 11.8 Å². The molecule has 2 aromatic carbocycles. The molecule has 0 saturated heterocycles. The second-order valence-electron chi connectivity index (χ2n) is 4.98. The zero-order valence-corrected chi connectivity index (χ0v) is 12.7. The molecule has 0 amide bonds. The van der Waals surface area contributed by atoms with Crippen molar-refractivity contribution >= 4 is 23.4 Å². The highest BCUT2D eigenvalue weighted by molar-refractivity contribution is 7.98. The summed E-state index contributed by atoms with van der Waals surface area (Å²) in [7, 11) is 1.40. The molecule has 0 saturated carbocycles. The zero-order chi connectivity index (χ0) is 14.7. The van der Waals surface area contributed by atoms with Gasteiger partial charge in [0, 0.05) is 17.2 Å². The van der Waals surface area contributed by atoms with E-state index < -0.39 is 0 Å². The van der Waals surface area contributed by atoms with E-state index in [-0.39, 0.29) is 12.0 Å². The molecule has 1 N–H and O–H groups in total. The molecule has 3 rings (SSSR count). The van der Waals surface area contributed by atoms with Crippen LogP contribution in [0.5, 0.6) is 0 Å². The van der Waals surface area contributed by atoms with Crippen LogP contribution in [0.1, 0.15) is 27.5 Å². The van der Waals surface area contributed by atoms with Crippen LogP contribution in [0.3, 0.4) is 0 Å². The Balaban J connectivity index is 1.83. The van der Waals surface area contributed by atoms with Crippen molar-refractivity contribution in [3.63, 3.8) is 0 Å². The topological polar surface area (TPSA) is 38.3 Å². The number of esters is 1. The lowest BCUT2D eigenvalue weighted by molar-refractivity contribution is 0.0601. The number of rotatable bonds is 3. The Morgan fingerprint density at radius 1 is 1.24 bits per heavy atom. The molecule has 4 heteroatoms. The Labute approximate surface area is 128 Å². The molecule has 3 nitrogen and oxygen atoms in total. The van der Waals surface area contributed by atoms with E-state index in [1.165, 1.54) is 18.2 Å². The van der Waals surface area contributed by atoms with Crippen LogP contribution in [-0.4, -0.2) is 18.8 Å². The van der Waals surface area contributed by atoms with Gasteiger partial charge < -0.3 is 10.1 Å². The van der Waals surface area contributed by atoms with Gasteiger partial charge in [-0.25, -0.2) is 4.79 Å². The summed E-state index contributed by atoms with van der Waals surface area (Å²) in [4.78, 5) is 11.6. The fourth-order valence-corrected chi connectivity index (χ4v) is 3.66. The molecule has 1 unspecified atom stereocenters. The number of carbonyl (C=O) groups excluding carboxylic acids is 1. The van der Waals surface area contributed by atoms with E-state index in [9.17, 15) is 4.79 Å². The molecule has 0 fully saturated rings. The molecule has 0 aromatic heterocycles. The van der Waals surface area contributed by atoms with Crippen molar-refractivity contribution in [1.29, 1.82) is 0 Å². The molecule has 1 aliphatic heterocycles. The maximum atomic E-state index is 11.6. The summed E-state index contributed by atoms with van der Waals surface area (Å²) in [5.41, 5.74) is 4.24. The number of thioether (sulfide) groups is 1. The minimum absolute atomic E-state index is 0.271. The number of anilines is 1. The van der Waals surface area contributed by atoms with E-state index in [2.05, 4.69) is 29.6 Å². The SMILES string of the molecule is COC(=O)c1cccc(NC2CSCc3ccccc32)c1. The Hall–Kier alpha value is -1.94. The number of carbonyl (C=O) groups is 1. The number of hydrogen-bond donors (Lipinski definition) is 1. The maximum Gasteiger partial charge on any atom is 0.337 e. The molecule has 21 heavy (non-hydrogen) atoms. The quantitative estimate of drug-likeness (QED) is 0.873. The third kappa shape index (κ3) is 3.05. The van der Waals surface area contributed by atoms with E-state index in [0.717, 1.165) is 17.2 Å². The summed E-state index contributed by atoms with van der Waals surface area (Å²) < 4.78 is 4.77. The van der Waals surface area contributed by atoms with E-state index >= 15 is 0 Å². The summed E-state index contributed by atoms with van der Waals surface area (Å²) in [6.45, 7) is 0. The molecule has 2 aromatic rings. The molecule has 108 valence electrons. The van der Waals surface area contributed by atoms with Gasteiger partial charge in [-0.2, -0.15) is 11.8 Å². The molecular formula is C17H17NO2S. The number of methoxy groups -OCH3 is 1. The van der Waals surface area contributed by atoms with Crippen LogP contribution in [-0.2, 0) is 10.5 Å². The molecule has 1 aliphatic rings. The average molecular weight is 299 g/mol. The second kappa shape index (κ2) is 6.22. The van der Waals surface area contributed by atoms with Gasteiger partial charge in [-0.15, -0.1) is 0 Å². The van der Waals surface area contributed by atoms with Crippen LogP contribution in [0.15, 0.2) is 48.5 Å². The number of benzene rings is 2. The van der Waals surface area contributed by atoms with Crippen molar-refractivity contribution in [1.82, 2.24) is 0 Å². The summed E-state index contributed by atoms with van der Waals surface area (Å²) in [5, 5.41) is 3.53. The van der Waals surface area contributed by atoms with Gasteiger partial charge in [0.05, 0.1) is 18.7 Å². The zero-order valence-electron chi connectivity index (χ0n) is 11.8. The Morgan fingerprint density at radius 3 is 2.95 bits per heavy atom. The highest BCUT2D eigenvalue weighted by atomic mass is 32.2. The fraction of sp³-hybridized carbons (Fsp3) is 0.235. The summed E-state index contributed by atoms with van der Waals surface area (Å²) >= 11 is 1.93. The molecule has 0 spiro atoms. The summed E-state index contributed by atoms with van der Waals surface area (Å²) in [6.07, 6.45) is 0. The van der Waals surface area contributed by atoms with E-state index in [0.29, 0.717) is 5.56 Å². The van der Waals surface area contributed by atoms with Gasteiger partial charge in [-0.05, 0) is 29.3 Å². The van der Waals surface area contributed by atoms with Gasteiger partial charge in [0.25, 0.3) is 0 Å². The maximum absolute atomic E-state index is 11.6. The third-order valence-electron chi connectivity index (χ3n) is 3.60. The smallest absolute Gasteiger partial charge is 0.337 e. The third-order valence-corrected chi connectivity index (χ3v) is 4.68.